The highest BCUT2D eigenvalue weighted by molar-refractivity contribution is 6.31. The summed E-state index contributed by atoms with van der Waals surface area (Å²) in [5, 5.41) is 23.6. The van der Waals surface area contributed by atoms with E-state index in [9.17, 15) is 33.9 Å². The zero-order chi connectivity index (χ0) is 41.6. The summed E-state index contributed by atoms with van der Waals surface area (Å²) in [5.74, 6) is -4.92. The van der Waals surface area contributed by atoms with Crippen LogP contribution < -0.4 is 32.3 Å². The van der Waals surface area contributed by atoms with Gasteiger partial charge >= 0.3 is 5.97 Å². The molecule has 0 aliphatic rings. The fourth-order valence-corrected chi connectivity index (χ4v) is 5.90. The number of hydrogen-bond acceptors (Lipinski definition) is 8. The van der Waals surface area contributed by atoms with Crippen molar-refractivity contribution in [2.45, 2.75) is 75.8 Å². The monoisotopic (exact) mass is 840 g/mol. The molecule has 1 aromatic heterocycles. The number of aliphatic carboxylic acids is 1. The maximum absolute atomic E-state index is 14.2. The first-order valence-electron chi connectivity index (χ1n) is 17.8. The molecule has 1 heterocycles. The van der Waals surface area contributed by atoms with E-state index < -0.39 is 71.8 Å². The average Bonchev–Trinajstić information content (AvgIpc) is 3.69. The van der Waals surface area contributed by atoms with Gasteiger partial charge < -0.3 is 42.4 Å². The van der Waals surface area contributed by atoms with Crippen molar-refractivity contribution in [2.75, 3.05) is 0 Å². The number of carboxylic acid groups (broad SMARTS) is 1. The molecule has 9 N–H and O–H groups in total. The molecule has 0 bridgehead atoms. The summed E-state index contributed by atoms with van der Waals surface area (Å²) in [6, 6.07) is 12.5. The first kappa shape index (κ1) is 44.2. The molecule has 4 rings (SSSR count). The number of benzene rings is 3. The lowest BCUT2D eigenvalue weighted by atomic mass is 10.0. The summed E-state index contributed by atoms with van der Waals surface area (Å²) in [6.07, 6.45) is 2.98. The molecule has 0 fully saturated rings. The molecule has 3 aromatic carbocycles. The number of aromatic nitrogens is 2. The summed E-state index contributed by atoms with van der Waals surface area (Å²) >= 11 is 18.3. The number of imidazole rings is 1. The largest absolute Gasteiger partial charge is 0.480 e. The van der Waals surface area contributed by atoms with Crippen LogP contribution in [0.25, 0.3) is 0 Å². The Hall–Kier alpha value is -5.48. The highest BCUT2D eigenvalue weighted by atomic mass is 35.5. The van der Waals surface area contributed by atoms with Gasteiger partial charge in [-0.2, -0.15) is 0 Å². The molecule has 302 valence electrons. The molecular weight excluding hydrogens is 799 g/mol. The number of carbonyl (C=O) groups is 6. The predicted octanol–water partition coefficient (Wildman–Crippen LogP) is 2.52. The van der Waals surface area contributed by atoms with Crippen molar-refractivity contribution in [3.8, 4) is 0 Å². The van der Waals surface area contributed by atoms with Crippen LogP contribution in [0.1, 0.15) is 36.2 Å². The van der Waals surface area contributed by atoms with Gasteiger partial charge in [-0.1, -0.05) is 71.2 Å². The topological polar surface area (TPSA) is 238 Å². The minimum Gasteiger partial charge on any atom is -0.480 e. The number of carboxylic acids is 1. The van der Waals surface area contributed by atoms with E-state index in [-0.39, 0.29) is 25.7 Å². The normalized spacial score (nSPS) is 14.1. The van der Waals surface area contributed by atoms with Gasteiger partial charge in [0, 0.05) is 52.6 Å². The SMILES string of the molecule is CC(NC(=O)C(C)NC(=O)C(Cc1ccc(Cl)cc1)NC(=O)C(Cc1ccc(Cl)cc1)NC(=O)C(Cc1ccc(Cl)cc1)NC(=O)C(N)Cc1cnc[nH]1)C(=O)O. The van der Waals surface area contributed by atoms with E-state index in [1.807, 2.05) is 0 Å². The van der Waals surface area contributed by atoms with Crippen molar-refractivity contribution < 1.29 is 33.9 Å². The first-order chi connectivity index (χ1) is 27.1. The van der Waals surface area contributed by atoms with Crippen LogP contribution in [0.4, 0.5) is 0 Å². The van der Waals surface area contributed by atoms with Crippen LogP contribution in [0.2, 0.25) is 15.1 Å². The van der Waals surface area contributed by atoms with Crippen LogP contribution >= 0.6 is 34.8 Å². The maximum Gasteiger partial charge on any atom is 0.325 e. The molecule has 0 aliphatic heterocycles. The Morgan fingerprint density at radius 1 is 0.579 bits per heavy atom. The van der Waals surface area contributed by atoms with Crippen LogP contribution in [0.3, 0.4) is 0 Å². The Labute approximate surface area is 343 Å². The molecule has 6 atom stereocenters. The van der Waals surface area contributed by atoms with Crippen LogP contribution in [0.5, 0.6) is 0 Å². The second-order valence-electron chi connectivity index (χ2n) is 13.4. The highest BCUT2D eigenvalue weighted by Gasteiger charge is 2.32. The lowest BCUT2D eigenvalue weighted by molar-refractivity contribution is -0.141. The number of H-pyrrole nitrogens is 1. The van der Waals surface area contributed by atoms with Crippen LogP contribution in [0, 0.1) is 0 Å². The summed E-state index contributed by atoms with van der Waals surface area (Å²) in [5.41, 5.74) is 8.67. The minimum atomic E-state index is -1.31. The molecule has 0 aliphatic carbocycles. The van der Waals surface area contributed by atoms with Crippen molar-refractivity contribution in [1.82, 2.24) is 36.6 Å². The molecule has 6 unspecified atom stereocenters. The van der Waals surface area contributed by atoms with Crippen LogP contribution in [-0.2, 0) is 54.5 Å². The number of nitrogens with zero attached hydrogens (tertiary/aromatic N) is 1. The molecule has 4 aromatic rings. The Kier molecular flexibility index (Phi) is 16.4. The van der Waals surface area contributed by atoms with Crippen molar-refractivity contribution in [1.29, 1.82) is 0 Å². The number of rotatable bonds is 19. The van der Waals surface area contributed by atoms with E-state index in [0.29, 0.717) is 37.5 Å². The lowest BCUT2D eigenvalue weighted by Gasteiger charge is -2.27. The second-order valence-corrected chi connectivity index (χ2v) is 14.7. The molecule has 57 heavy (non-hydrogen) atoms. The molecule has 0 saturated heterocycles. The molecular formula is C39H43Cl3N8O7. The van der Waals surface area contributed by atoms with Crippen LogP contribution in [-0.4, -0.2) is 86.8 Å². The first-order valence-corrected chi connectivity index (χ1v) is 18.9. The smallest absolute Gasteiger partial charge is 0.325 e. The Bertz CT molecular complexity index is 2000. The fraction of sp³-hybridized carbons (Fsp3) is 0.308. The third-order valence-electron chi connectivity index (χ3n) is 8.77. The third-order valence-corrected chi connectivity index (χ3v) is 9.53. The molecule has 18 heteroatoms. The number of carbonyl (C=O) groups excluding carboxylic acids is 5. The van der Waals surface area contributed by atoms with Gasteiger partial charge in [-0.3, -0.25) is 28.8 Å². The van der Waals surface area contributed by atoms with Gasteiger partial charge in [-0.25, -0.2) is 4.98 Å². The lowest BCUT2D eigenvalue weighted by Crippen LogP contribution is -2.60. The maximum atomic E-state index is 14.2. The van der Waals surface area contributed by atoms with Gasteiger partial charge in [0.1, 0.15) is 30.2 Å². The summed E-state index contributed by atoms with van der Waals surface area (Å²) in [7, 11) is 0. The zero-order valence-corrected chi connectivity index (χ0v) is 33.2. The van der Waals surface area contributed by atoms with E-state index in [4.69, 9.17) is 40.5 Å². The molecule has 0 spiro atoms. The number of aromatic amines is 1. The average molecular weight is 842 g/mol. The number of hydrogen-bond donors (Lipinski definition) is 8. The van der Waals surface area contributed by atoms with Gasteiger partial charge in [0.2, 0.25) is 29.5 Å². The van der Waals surface area contributed by atoms with Gasteiger partial charge in [-0.05, 0) is 66.9 Å². The fourth-order valence-electron chi connectivity index (χ4n) is 5.53. The number of halogens is 3. The molecule has 15 nitrogen and oxygen atoms in total. The van der Waals surface area contributed by atoms with Gasteiger partial charge in [-0.15, -0.1) is 0 Å². The van der Waals surface area contributed by atoms with E-state index >= 15 is 0 Å². The number of nitrogens with two attached hydrogens (primary N) is 1. The Balaban J connectivity index is 1.61. The van der Waals surface area contributed by atoms with Crippen molar-refractivity contribution in [3.05, 3.63) is 123 Å². The van der Waals surface area contributed by atoms with Crippen LogP contribution in [0.15, 0.2) is 85.3 Å². The van der Waals surface area contributed by atoms with Gasteiger partial charge in [0.15, 0.2) is 0 Å². The van der Waals surface area contributed by atoms with E-state index in [0.717, 1.165) is 0 Å². The van der Waals surface area contributed by atoms with Gasteiger partial charge in [0.05, 0.1) is 12.4 Å². The summed E-state index contributed by atoms with van der Waals surface area (Å²) < 4.78 is 0. The summed E-state index contributed by atoms with van der Waals surface area (Å²) in [4.78, 5) is 86.3. The number of nitrogens with one attached hydrogen (secondary N) is 6. The van der Waals surface area contributed by atoms with Crippen molar-refractivity contribution in [2.24, 2.45) is 5.73 Å². The standard InChI is InChI=1S/C39H43Cl3N8O7/c1-21(34(51)47-22(2)39(56)57)46-36(53)31(15-23-3-9-26(40)10-4-23)49-38(55)33(17-25-7-13-28(42)14-8-25)50-37(54)32(16-24-5-11-27(41)12-6-24)48-35(52)30(43)18-29-19-44-20-45-29/h3-14,19-22,30-33H,15-18,43H2,1-2H3,(H,44,45)(H,46,53)(H,47,51)(H,48,52)(H,49,55)(H,50,54)(H,56,57). The minimum absolute atomic E-state index is 0.00283. The van der Waals surface area contributed by atoms with Crippen molar-refractivity contribution >= 4 is 70.3 Å². The molecule has 0 radical (unpaired) electrons. The molecule has 5 amide bonds. The zero-order valence-electron chi connectivity index (χ0n) is 30.9. The number of amides is 5. The third kappa shape index (κ3) is 14.2. The van der Waals surface area contributed by atoms with Gasteiger partial charge in [0.25, 0.3) is 0 Å². The second kappa shape index (κ2) is 21.2. The predicted molar refractivity (Wildman–Crippen MR) is 214 cm³/mol. The highest BCUT2D eigenvalue weighted by Crippen LogP contribution is 2.15. The quantitative estimate of drug-likeness (QED) is 0.0692. The Morgan fingerprint density at radius 2 is 0.947 bits per heavy atom. The molecule has 0 saturated carbocycles. The van der Waals surface area contributed by atoms with E-state index in [1.54, 1.807) is 72.8 Å². The van der Waals surface area contributed by atoms with Crippen molar-refractivity contribution in [3.63, 3.8) is 0 Å². The summed E-state index contributed by atoms with van der Waals surface area (Å²) in [6.45, 7) is 2.64. The van der Waals surface area contributed by atoms with E-state index in [2.05, 4.69) is 36.6 Å². The Morgan fingerprint density at radius 3 is 1.32 bits per heavy atom. The van der Waals surface area contributed by atoms with E-state index in [1.165, 1.54) is 26.4 Å².